The zero-order valence-corrected chi connectivity index (χ0v) is 17.4. The highest BCUT2D eigenvalue weighted by atomic mass is 35.5. The molecule has 1 aliphatic rings. The van der Waals surface area contributed by atoms with Crippen LogP contribution in [0.4, 0.5) is 10.2 Å². The minimum Gasteiger partial charge on any atom is -0.383 e. The Morgan fingerprint density at radius 2 is 2.03 bits per heavy atom. The molecule has 0 bridgehead atoms. The van der Waals surface area contributed by atoms with Gasteiger partial charge in [-0.25, -0.2) is 9.37 Å². The lowest BCUT2D eigenvalue weighted by atomic mass is 10.1. The molecule has 4 rings (SSSR count). The van der Waals surface area contributed by atoms with Crippen LogP contribution < -0.4 is 11.1 Å². The van der Waals surface area contributed by atoms with E-state index in [0.29, 0.717) is 19.5 Å². The molecule has 1 aromatic carbocycles. The van der Waals surface area contributed by atoms with Gasteiger partial charge in [-0.15, -0.1) is 0 Å². The zero-order valence-electron chi connectivity index (χ0n) is 16.7. The van der Waals surface area contributed by atoms with E-state index in [1.165, 1.54) is 12.1 Å². The van der Waals surface area contributed by atoms with Gasteiger partial charge in [-0.1, -0.05) is 11.6 Å². The number of hydrogen-bond donors (Lipinski definition) is 2. The molecule has 1 fully saturated rings. The van der Waals surface area contributed by atoms with E-state index in [0.717, 1.165) is 17.2 Å². The third-order valence-corrected chi connectivity index (χ3v) is 5.49. The Morgan fingerprint density at radius 3 is 2.74 bits per heavy atom. The quantitative estimate of drug-likeness (QED) is 0.645. The fraction of sp³-hybridized carbons (Fsp3) is 0.238. The van der Waals surface area contributed by atoms with Gasteiger partial charge in [0.1, 0.15) is 11.6 Å². The van der Waals surface area contributed by atoms with Crippen molar-refractivity contribution in [3.63, 3.8) is 0 Å². The summed E-state index contributed by atoms with van der Waals surface area (Å²) in [5.41, 5.74) is 7.95. The molecule has 1 saturated heterocycles. The van der Waals surface area contributed by atoms with Crippen LogP contribution in [0.15, 0.2) is 42.9 Å². The highest BCUT2D eigenvalue weighted by Gasteiger charge is 2.29. The van der Waals surface area contributed by atoms with Crippen molar-refractivity contribution in [1.82, 2.24) is 25.0 Å². The molecule has 3 aromatic rings. The van der Waals surface area contributed by atoms with Gasteiger partial charge in [-0.05, 0) is 30.7 Å². The summed E-state index contributed by atoms with van der Waals surface area (Å²) in [6.07, 6.45) is 5.66. The number of hydrogen-bond acceptors (Lipinski definition) is 5. The number of halogens is 2. The van der Waals surface area contributed by atoms with E-state index in [4.69, 9.17) is 17.3 Å². The number of anilines is 1. The van der Waals surface area contributed by atoms with Crippen molar-refractivity contribution in [2.24, 2.45) is 7.05 Å². The largest absolute Gasteiger partial charge is 0.383 e. The summed E-state index contributed by atoms with van der Waals surface area (Å²) < 4.78 is 14.9. The standard InChI is InChI=1S/C21H20ClFN6O2/c1-28-10-13(9-26-28)12-6-17(19(24)25-8-12)20(30)27-15-4-5-29(11-15)21(31)16-3-2-14(23)7-18(16)22/h2-3,6-10,15H,4-5,11H2,1H3,(H2,24,25)(H,27,30)/t15-/m1/s1. The molecule has 8 nitrogen and oxygen atoms in total. The number of nitrogens with one attached hydrogen (secondary N) is 1. The summed E-state index contributed by atoms with van der Waals surface area (Å²) >= 11 is 6.00. The van der Waals surface area contributed by atoms with E-state index < -0.39 is 5.82 Å². The van der Waals surface area contributed by atoms with Gasteiger partial charge in [-0.2, -0.15) is 5.10 Å². The first kappa shape index (κ1) is 20.8. The molecule has 31 heavy (non-hydrogen) atoms. The zero-order chi connectivity index (χ0) is 22.1. The number of rotatable bonds is 4. The first-order chi connectivity index (χ1) is 14.8. The van der Waals surface area contributed by atoms with Crippen molar-refractivity contribution < 1.29 is 14.0 Å². The average molecular weight is 443 g/mol. The maximum absolute atomic E-state index is 13.2. The molecule has 1 aliphatic heterocycles. The minimum atomic E-state index is -0.507. The van der Waals surface area contributed by atoms with E-state index in [-0.39, 0.29) is 39.8 Å². The van der Waals surface area contributed by atoms with Gasteiger partial charge < -0.3 is 16.0 Å². The maximum atomic E-state index is 13.2. The predicted octanol–water partition coefficient (Wildman–Crippen LogP) is 2.50. The lowest BCUT2D eigenvalue weighted by Crippen LogP contribution is -2.38. The smallest absolute Gasteiger partial charge is 0.255 e. The van der Waals surface area contributed by atoms with Crippen molar-refractivity contribution in [3.05, 3.63) is 64.8 Å². The van der Waals surface area contributed by atoms with Gasteiger partial charge in [0.2, 0.25) is 0 Å². The average Bonchev–Trinajstić information content (AvgIpc) is 3.37. The fourth-order valence-corrected chi connectivity index (χ4v) is 3.79. The molecule has 2 aromatic heterocycles. The van der Waals surface area contributed by atoms with E-state index >= 15 is 0 Å². The molecule has 160 valence electrons. The van der Waals surface area contributed by atoms with Gasteiger partial charge in [0, 0.05) is 49.7 Å². The summed E-state index contributed by atoms with van der Waals surface area (Å²) in [5.74, 6) is -1.06. The van der Waals surface area contributed by atoms with Crippen molar-refractivity contribution in [2.45, 2.75) is 12.5 Å². The van der Waals surface area contributed by atoms with Gasteiger partial charge in [0.25, 0.3) is 11.8 Å². The summed E-state index contributed by atoms with van der Waals surface area (Å²) in [5, 5.41) is 7.10. The molecule has 0 spiro atoms. The molecule has 0 saturated carbocycles. The Balaban J connectivity index is 1.44. The molecular formula is C21H20ClFN6O2. The molecule has 0 radical (unpaired) electrons. The van der Waals surface area contributed by atoms with Gasteiger partial charge in [0.15, 0.2) is 0 Å². The van der Waals surface area contributed by atoms with Crippen LogP contribution in [0.2, 0.25) is 5.02 Å². The number of nitrogens with zero attached hydrogens (tertiary/aromatic N) is 4. The van der Waals surface area contributed by atoms with E-state index in [1.54, 1.807) is 35.1 Å². The number of aromatic nitrogens is 3. The Hall–Kier alpha value is -3.46. The molecule has 0 aliphatic carbocycles. The highest BCUT2D eigenvalue weighted by Crippen LogP contribution is 2.23. The lowest BCUT2D eigenvalue weighted by molar-refractivity contribution is 0.0783. The van der Waals surface area contributed by atoms with Gasteiger partial charge in [0.05, 0.1) is 22.3 Å². The topological polar surface area (TPSA) is 106 Å². The van der Waals surface area contributed by atoms with E-state index in [9.17, 15) is 14.0 Å². The number of nitrogens with two attached hydrogens (primary N) is 1. The maximum Gasteiger partial charge on any atom is 0.255 e. The third kappa shape index (κ3) is 4.36. The minimum absolute atomic E-state index is 0.0588. The number of likely N-dealkylation sites (tertiary alicyclic amines) is 1. The summed E-state index contributed by atoms with van der Waals surface area (Å²) in [4.78, 5) is 31.2. The Morgan fingerprint density at radius 1 is 1.23 bits per heavy atom. The summed E-state index contributed by atoms with van der Waals surface area (Å²) in [7, 11) is 1.80. The second-order valence-electron chi connectivity index (χ2n) is 7.39. The van der Waals surface area contributed by atoms with Crippen LogP contribution in [0, 0.1) is 5.82 Å². The van der Waals surface area contributed by atoms with Crippen LogP contribution in [0.3, 0.4) is 0 Å². The van der Waals surface area contributed by atoms with Crippen LogP contribution in [-0.4, -0.2) is 50.6 Å². The number of aryl methyl sites for hydroxylation is 1. The number of carbonyl (C=O) groups excluding carboxylic acids is 2. The second-order valence-corrected chi connectivity index (χ2v) is 7.80. The summed E-state index contributed by atoms with van der Waals surface area (Å²) in [6.45, 7) is 0.759. The van der Waals surface area contributed by atoms with Crippen molar-refractivity contribution in [3.8, 4) is 11.1 Å². The summed E-state index contributed by atoms with van der Waals surface area (Å²) in [6, 6.07) is 5.08. The number of benzene rings is 1. The van der Waals surface area contributed by atoms with Crippen LogP contribution in [0.5, 0.6) is 0 Å². The molecule has 10 heteroatoms. The number of carbonyl (C=O) groups is 2. The number of amides is 2. The normalized spacial score (nSPS) is 15.8. The highest BCUT2D eigenvalue weighted by molar-refractivity contribution is 6.33. The lowest BCUT2D eigenvalue weighted by Gasteiger charge is -2.18. The van der Waals surface area contributed by atoms with Crippen LogP contribution in [-0.2, 0) is 7.05 Å². The Kier molecular flexibility index (Phi) is 5.60. The van der Waals surface area contributed by atoms with Crippen LogP contribution >= 0.6 is 11.6 Å². The van der Waals surface area contributed by atoms with Gasteiger partial charge in [-0.3, -0.25) is 14.3 Å². The third-order valence-electron chi connectivity index (χ3n) is 5.17. The molecule has 3 N–H and O–H groups in total. The Bertz CT molecular complexity index is 1160. The number of pyridine rings is 1. The molecule has 3 heterocycles. The Labute approximate surface area is 182 Å². The van der Waals surface area contributed by atoms with Crippen LogP contribution in [0.1, 0.15) is 27.1 Å². The van der Waals surface area contributed by atoms with Gasteiger partial charge >= 0.3 is 0 Å². The van der Waals surface area contributed by atoms with Crippen molar-refractivity contribution in [1.29, 1.82) is 0 Å². The predicted molar refractivity (Wildman–Crippen MR) is 114 cm³/mol. The molecular weight excluding hydrogens is 423 g/mol. The van der Waals surface area contributed by atoms with Crippen molar-refractivity contribution >= 4 is 29.2 Å². The van der Waals surface area contributed by atoms with Crippen LogP contribution in [0.25, 0.3) is 11.1 Å². The fourth-order valence-electron chi connectivity index (χ4n) is 3.54. The van der Waals surface area contributed by atoms with E-state index in [2.05, 4.69) is 15.4 Å². The number of nitrogen functional groups attached to an aromatic ring is 1. The molecule has 2 amide bonds. The van der Waals surface area contributed by atoms with E-state index in [1.807, 2.05) is 6.20 Å². The van der Waals surface area contributed by atoms with Crippen molar-refractivity contribution in [2.75, 3.05) is 18.8 Å². The molecule has 0 unspecified atom stereocenters. The monoisotopic (exact) mass is 442 g/mol. The molecule has 1 atom stereocenters. The second kappa shape index (κ2) is 8.35. The first-order valence-corrected chi connectivity index (χ1v) is 9.99. The SMILES string of the molecule is Cn1cc(-c2cnc(N)c(C(=O)N[C@@H]3CCN(C(=O)c4ccc(F)cc4Cl)C3)c2)cn1. The first-order valence-electron chi connectivity index (χ1n) is 9.61.